The van der Waals surface area contributed by atoms with Crippen LogP contribution in [0.1, 0.15) is 11.3 Å². The van der Waals surface area contributed by atoms with Crippen molar-refractivity contribution in [3.63, 3.8) is 0 Å². The van der Waals surface area contributed by atoms with Crippen molar-refractivity contribution in [1.29, 1.82) is 0 Å². The second kappa shape index (κ2) is 6.68. The molecule has 0 aliphatic carbocycles. The highest BCUT2D eigenvalue weighted by atomic mass is 35.5. The molecule has 25 heavy (non-hydrogen) atoms. The number of rotatable bonds is 3. The average Bonchev–Trinajstić information content (AvgIpc) is 2.54. The molecule has 0 amide bonds. The third-order valence-electron chi connectivity index (χ3n) is 3.48. The summed E-state index contributed by atoms with van der Waals surface area (Å²) in [5.74, 6) is -0.204. The SMILES string of the molecule is Cc1nc(Nc2nc(Cl)ncc2C(F)(F)F)ccc1-c1ccccc1. The van der Waals surface area contributed by atoms with Crippen LogP contribution in [-0.2, 0) is 6.18 Å². The number of pyridine rings is 1. The van der Waals surface area contributed by atoms with E-state index >= 15 is 0 Å². The Morgan fingerprint density at radius 2 is 1.72 bits per heavy atom. The molecule has 0 fully saturated rings. The molecular formula is C17H12ClF3N4. The molecule has 0 spiro atoms. The zero-order valence-corrected chi connectivity index (χ0v) is 13.7. The van der Waals surface area contributed by atoms with Crippen LogP contribution in [0.15, 0.2) is 48.7 Å². The van der Waals surface area contributed by atoms with Crippen LogP contribution >= 0.6 is 11.6 Å². The van der Waals surface area contributed by atoms with E-state index in [1.165, 1.54) is 0 Å². The van der Waals surface area contributed by atoms with Gasteiger partial charge in [0.25, 0.3) is 0 Å². The van der Waals surface area contributed by atoms with Crippen LogP contribution in [0.2, 0.25) is 5.28 Å². The first kappa shape index (κ1) is 17.2. The Bertz CT molecular complexity index is 898. The molecule has 3 aromatic rings. The summed E-state index contributed by atoms with van der Waals surface area (Å²) in [4.78, 5) is 11.3. The molecule has 0 atom stereocenters. The van der Waals surface area contributed by atoms with E-state index in [1.54, 1.807) is 19.1 Å². The van der Waals surface area contributed by atoms with Gasteiger partial charge in [-0.3, -0.25) is 0 Å². The molecule has 0 aliphatic rings. The minimum absolute atomic E-state index is 0.234. The van der Waals surface area contributed by atoms with Gasteiger partial charge >= 0.3 is 6.18 Å². The van der Waals surface area contributed by atoms with Crippen molar-refractivity contribution >= 4 is 23.2 Å². The molecule has 8 heteroatoms. The molecule has 4 nitrogen and oxygen atoms in total. The van der Waals surface area contributed by atoms with Gasteiger partial charge in [0.2, 0.25) is 5.28 Å². The zero-order valence-electron chi connectivity index (χ0n) is 13.0. The van der Waals surface area contributed by atoms with Crippen LogP contribution in [-0.4, -0.2) is 15.0 Å². The Morgan fingerprint density at radius 3 is 2.36 bits per heavy atom. The molecule has 128 valence electrons. The molecule has 0 aliphatic heterocycles. The molecular weight excluding hydrogens is 353 g/mol. The van der Waals surface area contributed by atoms with Crippen LogP contribution in [0.5, 0.6) is 0 Å². The van der Waals surface area contributed by atoms with Crippen LogP contribution in [0.25, 0.3) is 11.1 Å². The first-order valence-corrected chi connectivity index (χ1v) is 7.62. The fourth-order valence-electron chi connectivity index (χ4n) is 2.34. The van der Waals surface area contributed by atoms with E-state index in [0.717, 1.165) is 11.1 Å². The van der Waals surface area contributed by atoms with Gasteiger partial charge in [-0.05, 0) is 36.2 Å². The van der Waals surface area contributed by atoms with E-state index < -0.39 is 17.6 Å². The minimum Gasteiger partial charge on any atom is -0.324 e. The number of nitrogens with zero attached hydrogens (tertiary/aromatic N) is 3. The molecule has 0 bridgehead atoms. The lowest BCUT2D eigenvalue weighted by Crippen LogP contribution is -2.12. The van der Waals surface area contributed by atoms with Crippen molar-refractivity contribution in [2.24, 2.45) is 0 Å². The Morgan fingerprint density at radius 1 is 1.00 bits per heavy atom. The van der Waals surface area contributed by atoms with Gasteiger partial charge in [-0.25, -0.2) is 9.97 Å². The first-order chi connectivity index (χ1) is 11.8. The Kier molecular flexibility index (Phi) is 4.59. The van der Waals surface area contributed by atoms with Gasteiger partial charge in [-0.15, -0.1) is 0 Å². The fourth-order valence-corrected chi connectivity index (χ4v) is 2.47. The van der Waals surface area contributed by atoms with E-state index in [-0.39, 0.29) is 11.1 Å². The quantitative estimate of drug-likeness (QED) is 0.644. The number of alkyl halides is 3. The van der Waals surface area contributed by atoms with Gasteiger partial charge in [0, 0.05) is 17.5 Å². The number of halogens is 4. The Labute approximate surface area is 146 Å². The van der Waals surface area contributed by atoms with Gasteiger partial charge in [0.1, 0.15) is 17.2 Å². The third kappa shape index (κ3) is 3.88. The predicted molar refractivity (Wildman–Crippen MR) is 89.7 cm³/mol. The number of anilines is 2. The summed E-state index contributed by atoms with van der Waals surface area (Å²) in [6.07, 6.45) is -3.96. The standard InChI is InChI=1S/C17H12ClF3N4/c1-10-12(11-5-3-2-4-6-11)7-8-14(23-10)24-15-13(17(19,20)21)9-22-16(18)25-15/h2-9H,1H3,(H,22,23,24,25). The monoisotopic (exact) mass is 364 g/mol. The van der Waals surface area contributed by atoms with E-state index in [1.807, 2.05) is 30.3 Å². The summed E-state index contributed by atoms with van der Waals surface area (Å²) >= 11 is 5.62. The van der Waals surface area contributed by atoms with Gasteiger partial charge in [-0.1, -0.05) is 30.3 Å². The Balaban J connectivity index is 1.95. The zero-order chi connectivity index (χ0) is 18.0. The molecule has 2 aromatic heterocycles. The smallest absolute Gasteiger partial charge is 0.324 e. The summed E-state index contributed by atoms with van der Waals surface area (Å²) in [7, 11) is 0. The summed E-state index contributed by atoms with van der Waals surface area (Å²) in [5, 5.41) is 2.29. The van der Waals surface area contributed by atoms with E-state index in [4.69, 9.17) is 11.6 Å². The number of hydrogen-bond donors (Lipinski definition) is 1. The second-order valence-electron chi connectivity index (χ2n) is 5.22. The minimum atomic E-state index is -4.61. The highest BCUT2D eigenvalue weighted by molar-refractivity contribution is 6.28. The van der Waals surface area contributed by atoms with Gasteiger partial charge < -0.3 is 5.32 Å². The van der Waals surface area contributed by atoms with Gasteiger partial charge in [0.05, 0.1) is 0 Å². The maximum absolute atomic E-state index is 13.1. The number of nitrogens with one attached hydrogen (secondary N) is 1. The fraction of sp³-hybridized carbons (Fsp3) is 0.118. The van der Waals surface area contributed by atoms with Crippen LogP contribution < -0.4 is 5.32 Å². The number of hydrogen-bond acceptors (Lipinski definition) is 4. The molecule has 1 N–H and O–H groups in total. The lowest BCUT2D eigenvalue weighted by Gasteiger charge is -2.14. The second-order valence-corrected chi connectivity index (χ2v) is 5.56. The number of aromatic nitrogens is 3. The molecule has 0 saturated heterocycles. The molecule has 2 heterocycles. The Hall–Kier alpha value is -2.67. The van der Waals surface area contributed by atoms with Gasteiger partial charge in [-0.2, -0.15) is 18.2 Å². The van der Waals surface area contributed by atoms with Crippen LogP contribution in [0.4, 0.5) is 24.8 Å². The summed E-state index contributed by atoms with van der Waals surface area (Å²) in [6.45, 7) is 1.78. The maximum Gasteiger partial charge on any atom is 0.421 e. The highest BCUT2D eigenvalue weighted by Crippen LogP contribution is 2.35. The van der Waals surface area contributed by atoms with Crippen molar-refractivity contribution in [2.75, 3.05) is 5.32 Å². The van der Waals surface area contributed by atoms with Crippen molar-refractivity contribution in [3.8, 4) is 11.1 Å². The lowest BCUT2D eigenvalue weighted by atomic mass is 10.0. The van der Waals surface area contributed by atoms with Crippen LogP contribution in [0, 0.1) is 6.92 Å². The highest BCUT2D eigenvalue weighted by Gasteiger charge is 2.35. The average molecular weight is 365 g/mol. The largest absolute Gasteiger partial charge is 0.421 e. The van der Waals surface area contributed by atoms with Crippen LogP contribution in [0.3, 0.4) is 0 Å². The normalized spacial score (nSPS) is 11.4. The van der Waals surface area contributed by atoms with Crippen molar-refractivity contribution in [1.82, 2.24) is 15.0 Å². The first-order valence-electron chi connectivity index (χ1n) is 7.24. The molecule has 3 rings (SSSR count). The molecule has 0 unspecified atom stereocenters. The summed E-state index contributed by atoms with van der Waals surface area (Å²) in [5.41, 5.74) is 1.52. The lowest BCUT2D eigenvalue weighted by molar-refractivity contribution is -0.137. The third-order valence-corrected chi connectivity index (χ3v) is 3.66. The summed E-state index contributed by atoms with van der Waals surface area (Å²) in [6, 6.07) is 13.0. The molecule has 0 saturated carbocycles. The van der Waals surface area contributed by atoms with E-state index in [2.05, 4.69) is 20.3 Å². The van der Waals surface area contributed by atoms with E-state index in [0.29, 0.717) is 11.9 Å². The predicted octanol–water partition coefficient (Wildman–Crippen LogP) is 5.26. The van der Waals surface area contributed by atoms with Crippen molar-refractivity contribution in [3.05, 3.63) is 65.2 Å². The van der Waals surface area contributed by atoms with Crippen molar-refractivity contribution < 1.29 is 13.2 Å². The van der Waals surface area contributed by atoms with E-state index in [9.17, 15) is 13.2 Å². The molecule has 1 aromatic carbocycles. The molecule has 0 radical (unpaired) electrons. The maximum atomic E-state index is 13.1. The van der Waals surface area contributed by atoms with Gasteiger partial charge in [0.15, 0.2) is 0 Å². The topological polar surface area (TPSA) is 50.7 Å². The van der Waals surface area contributed by atoms with Crippen molar-refractivity contribution in [2.45, 2.75) is 13.1 Å². The summed E-state index contributed by atoms with van der Waals surface area (Å²) < 4.78 is 39.2. The number of benzene rings is 1. The number of aryl methyl sites for hydroxylation is 1.